The van der Waals surface area contributed by atoms with Gasteiger partial charge < -0.3 is 42.0 Å². The number of aromatic hydroxyl groups is 1. The fourth-order valence-corrected chi connectivity index (χ4v) is 3.13. The lowest BCUT2D eigenvalue weighted by atomic mass is 10.0. The summed E-state index contributed by atoms with van der Waals surface area (Å²) in [4.78, 5) is 55.9. The number of nitrogens with one attached hydrogen (secondary N) is 4. The number of benzene rings is 1. The zero-order valence-corrected chi connectivity index (χ0v) is 19.3. The van der Waals surface area contributed by atoms with E-state index < -0.39 is 54.0 Å². The lowest BCUT2D eigenvalue weighted by Crippen LogP contribution is -2.58. The Morgan fingerprint density at radius 3 is 2.20 bits per heavy atom. The summed E-state index contributed by atoms with van der Waals surface area (Å²) in [6, 6.07) is 1.32. The summed E-state index contributed by atoms with van der Waals surface area (Å²) in [5, 5.41) is 35.2. The van der Waals surface area contributed by atoms with Crippen molar-refractivity contribution in [1.82, 2.24) is 25.9 Å². The van der Waals surface area contributed by atoms with E-state index >= 15 is 0 Å². The van der Waals surface area contributed by atoms with E-state index in [-0.39, 0.29) is 18.6 Å². The van der Waals surface area contributed by atoms with Gasteiger partial charge >= 0.3 is 5.97 Å². The van der Waals surface area contributed by atoms with Crippen LogP contribution in [0.2, 0.25) is 0 Å². The third-order valence-electron chi connectivity index (χ3n) is 5.14. The number of aliphatic hydroxyl groups excluding tert-OH is 1. The fraction of sp³-hybridized carbons (Fsp3) is 0.409. The minimum atomic E-state index is -1.56. The Kier molecular flexibility index (Phi) is 9.73. The zero-order chi connectivity index (χ0) is 26.1. The summed E-state index contributed by atoms with van der Waals surface area (Å²) in [6.07, 6.45) is 1.68. The van der Waals surface area contributed by atoms with Crippen molar-refractivity contribution in [2.75, 3.05) is 0 Å². The number of hydrogen-bond donors (Lipinski definition) is 8. The molecule has 2 aromatic rings. The van der Waals surface area contributed by atoms with Gasteiger partial charge in [-0.3, -0.25) is 14.4 Å². The molecule has 5 atom stereocenters. The molecule has 0 saturated carbocycles. The molecular weight excluding hydrogens is 460 g/mol. The second kappa shape index (κ2) is 12.5. The average molecular weight is 491 g/mol. The van der Waals surface area contributed by atoms with E-state index in [0.717, 1.165) is 0 Å². The number of nitrogens with two attached hydrogens (primary N) is 1. The number of aromatic amines is 1. The van der Waals surface area contributed by atoms with Gasteiger partial charge in [0.15, 0.2) is 6.04 Å². The van der Waals surface area contributed by atoms with Crippen LogP contribution in [0.25, 0.3) is 0 Å². The quantitative estimate of drug-likeness (QED) is 0.167. The summed E-state index contributed by atoms with van der Waals surface area (Å²) in [5.74, 6) is -3.52. The summed E-state index contributed by atoms with van der Waals surface area (Å²) < 4.78 is 0. The molecule has 35 heavy (non-hydrogen) atoms. The van der Waals surface area contributed by atoms with Crippen LogP contribution in [0.5, 0.6) is 5.75 Å². The number of hydrogen-bond acceptors (Lipinski definition) is 8. The van der Waals surface area contributed by atoms with E-state index in [2.05, 4.69) is 25.9 Å². The molecule has 0 aliphatic carbocycles. The number of rotatable bonds is 12. The van der Waals surface area contributed by atoms with E-state index in [1.54, 1.807) is 12.1 Å². The smallest absolute Gasteiger partial charge is 0.328 e. The molecule has 0 spiro atoms. The molecule has 0 aliphatic heterocycles. The Bertz CT molecular complexity index is 1010. The normalized spacial score (nSPS) is 15.2. The maximum absolute atomic E-state index is 12.9. The number of H-pyrrole nitrogens is 1. The van der Waals surface area contributed by atoms with Crippen LogP contribution in [0, 0.1) is 0 Å². The minimum Gasteiger partial charge on any atom is -0.508 e. The molecule has 0 saturated heterocycles. The van der Waals surface area contributed by atoms with Crippen LogP contribution >= 0.6 is 0 Å². The van der Waals surface area contributed by atoms with Crippen molar-refractivity contribution < 1.29 is 34.5 Å². The van der Waals surface area contributed by atoms with Gasteiger partial charge in [-0.15, -0.1) is 0 Å². The van der Waals surface area contributed by atoms with Crippen LogP contribution in [-0.4, -0.2) is 79.2 Å². The first-order chi connectivity index (χ1) is 16.5. The Labute approximate surface area is 201 Å². The number of imidazole rings is 1. The van der Waals surface area contributed by atoms with Crippen LogP contribution in [0.3, 0.4) is 0 Å². The second-order valence-corrected chi connectivity index (χ2v) is 8.11. The number of phenolic OH excluding ortho intramolecular Hbond substituents is 1. The van der Waals surface area contributed by atoms with Crippen molar-refractivity contribution in [3.63, 3.8) is 0 Å². The molecule has 5 unspecified atom stereocenters. The van der Waals surface area contributed by atoms with E-state index in [4.69, 9.17) is 10.8 Å². The number of aromatic nitrogens is 2. The highest BCUT2D eigenvalue weighted by Gasteiger charge is 2.30. The van der Waals surface area contributed by atoms with Gasteiger partial charge in [0.25, 0.3) is 0 Å². The van der Waals surface area contributed by atoms with Gasteiger partial charge in [0, 0.05) is 18.3 Å². The first kappa shape index (κ1) is 27.3. The van der Waals surface area contributed by atoms with Gasteiger partial charge in [0.1, 0.15) is 17.8 Å². The van der Waals surface area contributed by atoms with E-state index in [0.29, 0.717) is 11.3 Å². The van der Waals surface area contributed by atoms with Crippen molar-refractivity contribution >= 4 is 23.7 Å². The second-order valence-electron chi connectivity index (χ2n) is 8.11. The molecule has 1 heterocycles. The largest absolute Gasteiger partial charge is 0.508 e. The number of carbonyl (C=O) groups is 4. The van der Waals surface area contributed by atoms with Crippen LogP contribution in [0.4, 0.5) is 0 Å². The number of nitrogens with zero attached hydrogens (tertiary/aromatic N) is 1. The maximum Gasteiger partial charge on any atom is 0.328 e. The van der Waals surface area contributed by atoms with Gasteiger partial charge in [-0.1, -0.05) is 12.1 Å². The molecule has 9 N–H and O–H groups in total. The lowest BCUT2D eigenvalue weighted by molar-refractivity contribution is -0.145. The van der Waals surface area contributed by atoms with Gasteiger partial charge in [-0.05, 0) is 38.0 Å². The molecule has 0 aliphatic rings. The number of phenols is 1. The Morgan fingerprint density at radius 1 is 1.00 bits per heavy atom. The standard InChI is InChI=1S/C22H30N6O7/c1-11(19(31)28-18(12(2)29)22(34)35)26-21(33)17(8-14-9-24-10-25-14)27-20(32)16(23)7-13-3-5-15(30)6-4-13/h3-6,9-12,16-18,29-30H,7-8,23H2,1-2H3,(H,24,25)(H,26,33)(H,27,32)(H,28,31)(H,34,35). The SMILES string of the molecule is CC(NC(=O)C(Cc1cnc[nH]1)NC(=O)C(N)Cc1ccc(O)cc1)C(=O)NC(C(=O)O)C(C)O. The molecule has 13 heteroatoms. The van der Waals surface area contributed by atoms with Gasteiger partial charge in [-0.2, -0.15) is 0 Å². The first-order valence-electron chi connectivity index (χ1n) is 10.8. The van der Waals surface area contributed by atoms with Crippen molar-refractivity contribution in [1.29, 1.82) is 0 Å². The molecule has 2 rings (SSSR count). The van der Waals surface area contributed by atoms with Crippen LogP contribution < -0.4 is 21.7 Å². The van der Waals surface area contributed by atoms with E-state index in [1.165, 1.54) is 38.5 Å². The summed E-state index contributed by atoms with van der Waals surface area (Å²) in [7, 11) is 0. The molecular formula is C22H30N6O7. The predicted molar refractivity (Wildman–Crippen MR) is 123 cm³/mol. The molecule has 0 bridgehead atoms. The van der Waals surface area contributed by atoms with Crippen molar-refractivity contribution in [2.45, 2.75) is 57.0 Å². The Hall–Kier alpha value is -3.97. The number of amides is 3. The van der Waals surface area contributed by atoms with Crippen molar-refractivity contribution in [3.8, 4) is 5.75 Å². The summed E-state index contributed by atoms with van der Waals surface area (Å²) >= 11 is 0. The monoisotopic (exact) mass is 490 g/mol. The predicted octanol–water partition coefficient (Wildman–Crippen LogP) is -1.83. The number of carboxylic acids is 1. The molecule has 13 nitrogen and oxygen atoms in total. The fourth-order valence-electron chi connectivity index (χ4n) is 3.13. The highest BCUT2D eigenvalue weighted by molar-refractivity contribution is 5.94. The van der Waals surface area contributed by atoms with Crippen LogP contribution in [-0.2, 0) is 32.0 Å². The molecule has 3 amide bonds. The molecule has 0 radical (unpaired) electrons. The summed E-state index contributed by atoms with van der Waals surface area (Å²) in [5.41, 5.74) is 7.24. The first-order valence-corrected chi connectivity index (χ1v) is 10.8. The minimum absolute atomic E-state index is 0.0171. The zero-order valence-electron chi connectivity index (χ0n) is 19.3. The van der Waals surface area contributed by atoms with Crippen LogP contribution in [0.15, 0.2) is 36.8 Å². The molecule has 1 aromatic carbocycles. The van der Waals surface area contributed by atoms with Gasteiger partial charge in [-0.25, -0.2) is 9.78 Å². The van der Waals surface area contributed by atoms with E-state index in [1.807, 2.05) is 0 Å². The van der Waals surface area contributed by atoms with Crippen LogP contribution in [0.1, 0.15) is 25.1 Å². The third kappa shape index (κ3) is 8.39. The molecule has 190 valence electrons. The molecule has 0 fully saturated rings. The maximum atomic E-state index is 12.9. The average Bonchev–Trinajstić information content (AvgIpc) is 3.30. The lowest BCUT2D eigenvalue weighted by Gasteiger charge is -2.24. The third-order valence-corrected chi connectivity index (χ3v) is 5.14. The van der Waals surface area contributed by atoms with Crippen molar-refractivity contribution in [2.24, 2.45) is 5.73 Å². The van der Waals surface area contributed by atoms with Crippen molar-refractivity contribution in [3.05, 3.63) is 48.0 Å². The number of carboxylic acid groups (broad SMARTS) is 1. The van der Waals surface area contributed by atoms with Gasteiger partial charge in [0.2, 0.25) is 17.7 Å². The Balaban J connectivity index is 2.06. The van der Waals surface area contributed by atoms with E-state index in [9.17, 15) is 29.4 Å². The highest BCUT2D eigenvalue weighted by atomic mass is 16.4. The topological polar surface area (TPSA) is 220 Å². The number of aliphatic hydroxyl groups is 1. The summed E-state index contributed by atoms with van der Waals surface area (Å²) in [6.45, 7) is 2.54. The highest BCUT2D eigenvalue weighted by Crippen LogP contribution is 2.11. The molecule has 1 aromatic heterocycles. The van der Waals surface area contributed by atoms with Gasteiger partial charge in [0.05, 0.1) is 18.5 Å². The number of aliphatic carboxylic acids is 1. The number of carbonyl (C=O) groups excluding carboxylic acids is 3. The Morgan fingerprint density at radius 2 is 1.66 bits per heavy atom.